The lowest BCUT2D eigenvalue weighted by atomic mass is 10.2. The first-order chi connectivity index (χ1) is 9.65. The van der Waals surface area contributed by atoms with E-state index in [9.17, 15) is 5.11 Å². The molecule has 0 bridgehead atoms. The number of aryl methyl sites for hydroxylation is 1. The summed E-state index contributed by atoms with van der Waals surface area (Å²) in [6.07, 6.45) is -0.557. The molecule has 0 radical (unpaired) electrons. The highest BCUT2D eigenvalue weighted by molar-refractivity contribution is 9.10. The summed E-state index contributed by atoms with van der Waals surface area (Å²) in [4.78, 5) is 0. The Kier molecular flexibility index (Phi) is 5.44. The number of hydrogen-bond donors (Lipinski definition) is 2. The second-order valence-corrected chi connectivity index (χ2v) is 5.53. The molecule has 0 spiro atoms. The van der Waals surface area contributed by atoms with E-state index in [1.54, 1.807) is 0 Å². The molecule has 2 aromatic carbocycles. The van der Waals surface area contributed by atoms with Crippen LogP contribution in [0.5, 0.6) is 5.75 Å². The minimum Gasteiger partial charge on any atom is -0.491 e. The largest absolute Gasteiger partial charge is 0.491 e. The van der Waals surface area contributed by atoms with Crippen molar-refractivity contribution < 1.29 is 9.84 Å². The first kappa shape index (κ1) is 14.9. The monoisotopic (exact) mass is 335 g/mol. The second kappa shape index (κ2) is 7.31. The van der Waals surface area contributed by atoms with Gasteiger partial charge in [0.2, 0.25) is 0 Å². The van der Waals surface area contributed by atoms with Crippen LogP contribution in [0.2, 0.25) is 0 Å². The number of halogens is 1. The predicted octanol–water partition coefficient (Wildman–Crippen LogP) is 3.61. The summed E-state index contributed by atoms with van der Waals surface area (Å²) in [5.41, 5.74) is 2.16. The van der Waals surface area contributed by atoms with Gasteiger partial charge in [-0.1, -0.05) is 34.1 Å². The summed E-state index contributed by atoms with van der Waals surface area (Å²) >= 11 is 3.43. The molecule has 0 heterocycles. The van der Waals surface area contributed by atoms with E-state index >= 15 is 0 Å². The van der Waals surface area contributed by atoms with Crippen molar-refractivity contribution in [2.45, 2.75) is 13.0 Å². The maximum absolute atomic E-state index is 9.92. The SMILES string of the molecule is Cc1cc(Br)ccc1NCC(O)COc1ccccc1. The zero-order chi connectivity index (χ0) is 14.4. The Morgan fingerprint density at radius 1 is 1.20 bits per heavy atom. The number of nitrogens with one attached hydrogen (secondary N) is 1. The maximum Gasteiger partial charge on any atom is 0.119 e. The zero-order valence-corrected chi connectivity index (χ0v) is 12.9. The Hall–Kier alpha value is -1.52. The minimum atomic E-state index is -0.557. The van der Waals surface area contributed by atoms with Crippen LogP contribution in [0, 0.1) is 6.92 Å². The van der Waals surface area contributed by atoms with Gasteiger partial charge in [-0.15, -0.1) is 0 Å². The number of ether oxygens (including phenoxy) is 1. The third-order valence-electron chi connectivity index (χ3n) is 2.90. The molecule has 106 valence electrons. The van der Waals surface area contributed by atoms with Crippen LogP contribution in [0.25, 0.3) is 0 Å². The Labute approximate surface area is 127 Å². The van der Waals surface area contributed by atoms with Crippen molar-refractivity contribution >= 4 is 21.6 Å². The quantitative estimate of drug-likeness (QED) is 0.847. The van der Waals surface area contributed by atoms with Gasteiger partial charge < -0.3 is 15.2 Å². The molecule has 4 heteroatoms. The van der Waals surface area contributed by atoms with Gasteiger partial charge in [-0.05, 0) is 42.8 Å². The minimum absolute atomic E-state index is 0.270. The normalized spacial score (nSPS) is 11.9. The smallest absolute Gasteiger partial charge is 0.119 e. The van der Waals surface area contributed by atoms with Crippen molar-refractivity contribution in [2.24, 2.45) is 0 Å². The van der Waals surface area contributed by atoms with E-state index < -0.39 is 6.10 Å². The Morgan fingerprint density at radius 3 is 2.65 bits per heavy atom. The first-order valence-electron chi connectivity index (χ1n) is 6.51. The van der Waals surface area contributed by atoms with E-state index in [0.717, 1.165) is 21.5 Å². The van der Waals surface area contributed by atoms with Crippen LogP contribution in [-0.2, 0) is 0 Å². The van der Waals surface area contributed by atoms with Gasteiger partial charge in [0.05, 0.1) is 0 Å². The number of benzene rings is 2. The van der Waals surface area contributed by atoms with Gasteiger partial charge in [-0.2, -0.15) is 0 Å². The molecule has 2 rings (SSSR count). The van der Waals surface area contributed by atoms with Crippen LogP contribution >= 0.6 is 15.9 Å². The standard InChI is InChI=1S/C16H18BrNO2/c1-12-9-13(17)7-8-16(12)18-10-14(19)11-20-15-5-3-2-4-6-15/h2-9,14,18-19H,10-11H2,1H3. The van der Waals surface area contributed by atoms with Crippen molar-refractivity contribution in [1.29, 1.82) is 0 Å². The third kappa shape index (κ3) is 4.54. The van der Waals surface area contributed by atoms with Crippen LogP contribution in [0.4, 0.5) is 5.69 Å². The topological polar surface area (TPSA) is 41.5 Å². The van der Waals surface area contributed by atoms with E-state index in [0.29, 0.717) is 6.54 Å². The average molecular weight is 336 g/mol. The Balaban J connectivity index is 1.79. The van der Waals surface area contributed by atoms with Gasteiger partial charge in [-0.25, -0.2) is 0 Å². The zero-order valence-electron chi connectivity index (χ0n) is 11.3. The number of rotatable bonds is 6. The molecule has 1 atom stereocenters. The fraction of sp³-hybridized carbons (Fsp3) is 0.250. The number of aliphatic hydroxyl groups excluding tert-OH is 1. The van der Waals surface area contributed by atoms with E-state index in [-0.39, 0.29) is 6.61 Å². The summed E-state index contributed by atoms with van der Waals surface area (Å²) < 4.78 is 6.56. The van der Waals surface area contributed by atoms with Crippen LogP contribution in [-0.4, -0.2) is 24.4 Å². The number of anilines is 1. The molecule has 0 saturated heterocycles. The number of para-hydroxylation sites is 1. The number of aliphatic hydroxyl groups is 1. The van der Waals surface area contributed by atoms with E-state index in [1.807, 2.05) is 55.5 Å². The molecule has 2 N–H and O–H groups in total. The molecule has 3 nitrogen and oxygen atoms in total. The van der Waals surface area contributed by atoms with Gasteiger partial charge in [0.25, 0.3) is 0 Å². The summed E-state index contributed by atoms with van der Waals surface area (Å²) in [5.74, 6) is 0.770. The first-order valence-corrected chi connectivity index (χ1v) is 7.30. The molecular weight excluding hydrogens is 318 g/mol. The van der Waals surface area contributed by atoms with Gasteiger partial charge in [0.1, 0.15) is 18.5 Å². The summed E-state index contributed by atoms with van der Waals surface area (Å²) in [7, 11) is 0. The molecule has 0 fully saturated rings. The van der Waals surface area contributed by atoms with Crippen LogP contribution < -0.4 is 10.1 Å². The summed E-state index contributed by atoms with van der Waals surface area (Å²) in [6.45, 7) is 2.75. The Bertz CT molecular complexity index is 545. The molecular formula is C16H18BrNO2. The lowest BCUT2D eigenvalue weighted by Crippen LogP contribution is -2.26. The lowest BCUT2D eigenvalue weighted by Gasteiger charge is -2.15. The van der Waals surface area contributed by atoms with Crippen molar-refractivity contribution in [2.75, 3.05) is 18.5 Å². The van der Waals surface area contributed by atoms with Gasteiger partial charge in [0, 0.05) is 16.7 Å². The molecule has 0 saturated carbocycles. The summed E-state index contributed by atoms with van der Waals surface area (Å²) in [5, 5.41) is 13.1. The van der Waals surface area contributed by atoms with Gasteiger partial charge in [-0.3, -0.25) is 0 Å². The highest BCUT2D eigenvalue weighted by Crippen LogP contribution is 2.19. The molecule has 0 aliphatic carbocycles. The van der Waals surface area contributed by atoms with E-state index in [2.05, 4.69) is 21.2 Å². The highest BCUT2D eigenvalue weighted by Gasteiger charge is 2.06. The molecule has 0 aromatic heterocycles. The second-order valence-electron chi connectivity index (χ2n) is 4.62. The Morgan fingerprint density at radius 2 is 1.95 bits per heavy atom. The molecule has 20 heavy (non-hydrogen) atoms. The summed E-state index contributed by atoms with van der Waals surface area (Å²) in [6, 6.07) is 15.5. The molecule has 0 aliphatic heterocycles. The van der Waals surface area contributed by atoms with Crippen LogP contribution in [0.3, 0.4) is 0 Å². The molecule has 1 unspecified atom stereocenters. The van der Waals surface area contributed by atoms with Crippen molar-refractivity contribution in [3.05, 3.63) is 58.6 Å². The molecule has 0 amide bonds. The fourth-order valence-electron chi connectivity index (χ4n) is 1.82. The van der Waals surface area contributed by atoms with Crippen molar-refractivity contribution in [3.8, 4) is 5.75 Å². The highest BCUT2D eigenvalue weighted by atomic mass is 79.9. The average Bonchev–Trinajstić information content (AvgIpc) is 2.45. The molecule has 0 aliphatic rings. The molecule has 2 aromatic rings. The lowest BCUT2D eigenvalue weighted by molar-refractivity contribution is 0.117. The maximum atomic E-state index is 9.92. The van der Waals surface area contributed by atoms with Gasteiger partial charge in [0.15, 0.2) is 0 Å². The van der Waals surface area contributed by atoms with E-state index in [1.165, 1.54) is 0 Å². The van der Waals surface area contributed by atoms with Crippen LogP contribution in [0.15, 0.2) is 53.0 Å². The van der Waals surface area contributed by atoms with Crippen molar-refractivity contribution in [3.63, 3.8) is 0 Å². The van der Waals surface area contributed by atoms with Gasteiger partial charge >= 0.3 is 0 Å². The predicted molar refractivity (Wildman–Crippen MR) is 85.3 cm³/mol. The third-order valence-corrected chi connectivity index (χ3v) is 3.40. The fourth-order valence-corrected chi connectivity index (χ4v) is 2.30. The van der Waals surface area contributed by atoms with Crippen LogP contribution in [0.1, 0.15) is 5.56 Å². The number of hydrogen-bond acceptors (Lipinski definition) is 3. The van der Waals surface area contributed by atoms with Crippen molar-refractivity contribution in [1.82, 2.24) is 0 Å². The van der Waals surface area contributed by atoms with E-state index in [4.69, 9.17) is 4.74 Å².